The number of hydrogen-bond acceptors (Lipinski definition) is 4. The topological polar surface area (TPSA) is 49.8 Å². The van der Waals surface area contributed by atoms with Crippen LogP contribution in [0.2, 0.25) is 10.0 Å². The summed E-state index contributed by atoms with van der Waals surface area (Å²) in [6, 6.07) is 7.10. The second-order valence-electron chi connectivity index (χ2n) is 3.91. The molecule has 1 aromatic heterocycles. The molecule has 0 saturated heterocycles. The molecule has 0 unspecified atom stereocenters. The van der Waals surface area contributed by atoms with E-state index in [4.69, 9.17) is 23.2 Å². The zero-order chi connectivity index (χ0) is 13.7. The zero-order valence-electron chi connectivity index (χ0n) is 10.5. The fourth-order valence-corrected chi connectivity index (χ4v) is 1.99. The van der Waals surface area contributed by atoms with Crippen molar-refractivity contribution in [3.05, 3.63) is 40.5 Å². The van der Waals surface area contributed by atoms with Crippen LogP contribution < -0.4 is 10.6 Å². The summed E-state index contributed by atoms with van der Waals surface area (Å²) in [5.74, 6) is 1.22. The van der Waals surface area contributed by atoms with Gasteiger partial charge in [0, 0.05) is 12.7 Å². The lowest BCUT2D eigenvalue weighted by atomic mass is 10.3. The molecule has 2 rings (SSSR count). The Morgan fingerprint density at radius 2 is 1.89 bits per heavy atom. The lowest BCUT2D eigenvalue weighted by Crippen LogP contribution is -2.05. The number of anilines is 3. The van der Waals surface area contributed by atoms with Gasteiger partial charge in [0.2, 0.25) is 5.95 Å². The van der Waals surface area contributed by atoms with Crippen LogP contribution in [0.1, 0.15) is 13.3 Å². The Morgan fingerprint density at radius 1 is 1.16 bits per heavy atom. The van der Waals surface area contributed by atoms with E-state index in [0.29, 0.717) is 27.5 Å². The summed E-state index contributed by atoms with van der Waals surface area (Å²) in [6.45, 7) is 2.91. The molecule has 0 aliphatic rings. The van der Waals surface area contributed by atoms with E-state index in [1.807, 2.05) is 0 Å². The quantitative estimate of drug-likeness (QED) is 0.861. The number of rotatable bonds is 5. The van der Waals surface area contributed by atoms with Gasteiger partial charge < -0.3 is 10.6 Å². The molecule has 100 valence electrons. The van der Waals surface area contributed by atoms with Crippen LogP contribution in [0.4, 0.5) is 17.5 Å². The molecule has 0 aliphatic heterocycles. The molecule has 0 aliphatic carbocycles. The highest BCUT2D eigenvalue weighted by Crippen LogP contribution is 2.31. The largest absolute Gasteiger partial charge is 0.354 e. The van der Waals surface area contributed by atoms with Crippen molar-refractivity contribution in [2.75, 3.05) is 17.2 Å². The van der Waals surface area contributed by atoms with Gasteiger partial charge in [-0.1, -0.05) is 36.2 Å². The normalized spacial score (nSPS) is 10.3. The van der Waals surface area contributed by atoms with Crippen molar-refractivity contribution in [3.8, 4) is 0 Å². The number of hydrogen-bond donors (Lipinski definition) is 2. The molecule has 19 heavy (non-hydrogen) atoms. The summed E-state index contributed by atoms with van der Waals surface area (Å²) in [5, 5.41) is 7.32. The maximum Gasteiger partial charge on any atom is 0.224 e. The fourth-order valence-electron chi connectivity index (χ4n) is 1.50. The molecule has 1 aromatic carbocycles. The zero-order valence-corrected chi connectivity index (χ0v) is 12.0. The Morgan fingerprint density at radius 3 is 2.58 bits per heavy atom. The summed E-state index contributed by atoms with van der Waals surface area (Å²) in [4.78, 5) is 8.47. The van der Waals surface area contributed by atoms with Crippen LogP contribution in [0.25, 0.3) is 0 Å². The predicted octanol–water partition coefficient (Wildman–Crippen LogP) is 4.35. The lowest BCUT2D eigenvalue weighted by molar-refractivity contribution is 0.953. The third-order valence-corrected chi connectivity index (χ3v) is 3.03. The van der Waals surface area contributed by atoms with Crippen molar-refractivity contribution in [2.24, 2.45) is 0 Å². The second-order valence-corrected chi connectivity index (χ2v) is 4.73. The smallest absolute Gasteiger partial charge is 0.224 e. The predicted molar refractivity (Wildman–Crippen MR) is 80.6 cm³/mol. The van der Waals surface area contributed by atoms with E-state index >= 15 is 0 Å². The molecule has 1 heterocycles. The van der Waals surface area contributed by atoms with Gasteiger partial charge in [-0.3, -0.25) is 0 Å². The van der Waals surface area contributed by atoms with Crippen LogP contribution in [0, 0.1) is 0 Å². The highest BCUT2D eigenvalue weighted by Gasteiger charge is 2.06. The van der Waals surface area contributed by atoms with E-state index in [2.05, 4.69) is 27.5 Å². The summed E-state index contributed by atoms with van der Waals surface area (Å²) in [5.41, 5.74) is 0.644. The fraction of sp³-hybridized carbons (Fsp3) is 0.231. The molecule has 2 aromatic rings. The van der Waals surface area contributed by atoms with E-state index in [1.165, 1.54) is 0 Å². The first-order valence-corrected chi connectivity index (χ1v) is 6.74. The number of aromatic nitrogens is 2. The van der Waals surface area contributed by atoms with Gasteiger partial charge >= 0.3 is 0 Å². The van der Waals surface area contributed by atoms with Crippen LogP contribution in [0.3, 0.4) is 0 Å². The van der Waals surface area contributed by atoms with Gasteiger partial charge in [0.05, 0.1) is 15.7 Å². The van der Waals surface area contributed by atoms with Gasteiger partial charge in [-0.25, -0.2) is 4.98 Å². The molecule has 2 N–H and O–H groups in total. The van der Waals surface area contributed by atoms with E-state index in [1.54, 1.807) is 30.5 Å². The standard InChI is InChI=1S/C13H14Cl2N4/c1-2-7-16-13-17-8-6-11(19-13)18-12-9(14)4-3-5-10(12)15/h3-6,8H,2,7H2,1H3,(H2,16,17,18,19). The average Bonchev–Trinajstić information content (AvgIpc) is 2.41. The summed E-state index contributed by atoms with van der Waals surface area (Å²) >= 11 is 12.2. The van der Waals surface area contributed by atoms with Crippen molar-refractivity contribution in [2.45, 2.75) is 13.3 Å². The Hall–Kier alpha value is -1.52. The van der Waals surface area contributed by atoms with Crippen LogP contribution in [0.15, 0.2) is 30.5 Å². The summed E-state index contributed by atoms with van der Waals surface area (Å²) in [7, 11) is 0. The van der Waals surface area contributed by atoms with E-state index < -0.39 is 0 Å². The van der Waals surface area contributed by atoms with Crippen LogP contribution in [0.5, 0.6) is 0 Å². The third kappa shape index (κ3) is 3.72. The Kier molecular flexibility index (Phi) is 4.82. The average molecular weight is 297 g/mol. The minimum atomic E-state index is 0.550. The first-order chi connectivity index (χ1) is 9.20. The molecule has 0 amide bonds. The first-order valence-electron chi connectivity index (χ1n) is 5.98. The molecule has 0 atom stereocenters. The number of nitrogens with zero attached hydrogens (tertiary/aromatic N) is 2. The highest BCUT2D eigenvalue weighted by atomic mass is 35.5. The van der Waals surface area contributed by atoms with Crippen molar-refractivity contribution >= 4 is 40.7 Å². The maximum absolute atomic E-state index is 6.10. The summed E-state index contributed by atoms with van der Waals surface area (Å²) < 4.78 is 0. The van der Waals surface area contributed by atoms with Gasteiger partial charge in [0.1, 0.15) is 5.82 Å². The SMILES string of the molecule is CCCNc1nccc(Nc2c(Cl)cccc2Cl)n1. The number of para-hydroxylation sites is 1. The molecule has 0 fully saturated rings. The Balaban J connectivity index is 2.19. The number of benzene rings is 1. The van der Waals surface area contributed by atoms with Crippen molar-refractivity contribution in [1.82, 2.24) is 9.97 Å². The van der Waals surface area contributed by atoms with Crippen LogP contribution in [-0.4, -0.2) is 16.5 Å². The van der Waals surface area contributed by atoms with Gasteiger partial charge in [0.15, 0.2) is 0 Å². The highest BCUT2D eigenvalue weighted by molar-refractivity contribution is 6.39. The van der Waals surface area contributed by atoms with Gasteiger partial charge in [-0.05, 0) is 24.6 Å². The van der Waals surface area contributed by atoms with E-state index in [0.717, 1.165) is 13.0 Å². The monoisotopic (exact) mass is 296 g/mol. The third-order valence-electron chi connectivity index (χ3n) is 2.40. The maximum atomic E-state index is 6.10. The Labute approximate surface area is 122 Å². The minimum absolute atomic E-state index is 0.550. The van der Waals surface area contributed by atoms with Crippen LogP contribution >= 0.6 is 23.2 Å². The molecule has 0 bridgehead atoms. The molecular weight excluding hydrogens is 283 g/mol. The molecular formula is C13H14Cl2N4. The molecule has 6 heteroatoms. The van der Waals surface area contributed by atoms with E-state index in [9.17, 15) is 0 Å². The van der Waals surface area contributed by atoms with Gasteiger partial charge in [0.25, 0.3) is 0 Å². The molecule has 4 nitrogen and oxygen atoms in total. The second kappa shape index (κ2) is 6.59. The van der Waals surface area contributed by atoms with Crippen molar-refractivity contribution in [3.63, 3.8) is 0 Å². The number of halogens is 2. The van der Waals surface area contributed by atoms with E-state index in [-0.39, 0.29) is 0 Å². The molecule has 0 saturated carbocycles. The lowest BCUT2D eigenvalue weighted by Gasteiger charge is -2.10. The van der Waals surface area contributed by atoms with Gasteiger partial charge in [-0.2, -0.15) is 4.98 Å². The number of nitrogens with one attached hydrogen (secondary N) is 2. The molecule has 0 spiro atoms. The van der Waals surface area contributed by atoms with Crippen molar-refractivity contribution < 1.29 is 0 Å². The van der Waals surface area contributed by atoms with Gasteiger partial charge in [-0.15, -0.1) is 0 Å². The van der Waals surface area contributed by atoms with Crippen LogP contribution in [-0.2, 0) is 0 Å². The molecule has 0 radical (unpaired) electrons. The first kappa shape index (κ1) is 13.9. The summed E-state index contributed by atoms with van der Waals surface area (Å²) in [6.07, 6.45) is 2.69. The minimum Gasteiger partial charge on any atom is -0.354 e. The Bertz CT molecular complexity index is 540. The van der Waals surface area contributed by atoms with Crippen molar-refractivity contribution in [1.29, 1.82) is 0 Å².